The van der Waals surface area contributed by atoms with Crippen molar-refractivity contribution >= 4 is 10.0 Å². The molecule has 1 aromatic rings. The van der Waals surface area contributed by atoms with Crippen molar-refractivity contribution in [2.75, 3.05) is 0 Å². The number of rotatable bonds is 2. The zero-order valence-corrected chi connectivity index (χ0v) is 7.82. The number of nitrogens with two attached hydrogens (primary N) is 1. The quantitative estimate of drug-likeness (QED) is 0.770. The topological polar surface area (TPSA) is 93.0 Å². The predicted molar refractivity (Wildman–Crippen MR) is 43.4 cm³/mol. The summed E-state index contributed by atoms with van der Waals surface area (Å²) in [6.07, 6.45) is -3.13. The molecule has 0 saturated heterocycles. The second-order valence-corrected chi connectivity index (χ2v) is 4.11. The predicted octanol–water partition coefficient (Wildman–Crippen LogP) is 0.0990. The second-order valence-electron chi connectivity index (χ2n) is 2.58. The van der Waals surface area contributed by atoms with Crippen LogP contribution < -0.4 is 10.7 Å². The molecule has 1 rings (SSSR count). The van der Waals surface area contributed by atoms with E-state index in [2.05, 4.69) is 5.14 Å². The molecule has 0 aromatic carbocycles. The lowest BCUT2D eigenvalue weighted by Crippen LogP contribution is -2.22. The lowest BCUT2D eigenvalue weighted by Gasteiger charge is -2.03. The van der Waals surface area contributed by atoms with Crippen LogP contribution in [-0.4, -0.2) is 13.4 Å². The van der Waals surface area contributed by atoms with Gasteiger partial charge in [0, 0.05) is 0 Å². The van der Waals surface area contributed by atoms with Gasteiger partial charge in [0.15, 0.2) is 0 Å². The monoisotopic (exact) mass is 242 g/mol. The molecular formula is C6H5F3N2O3S. The smallest absolute Gasteiger partial charge is 0.285 e. The van der Waals surface area contributed by atoms with Crippen LogP contribution in [-0.2, 0) is 10.0 Å². The maximum Gasteiger partial charge on any atom is 0.285 e. The molecule has 9 heteroatoms. The van der Waals surface area contributed by atoms with Crippen LogP contribution in [0.2, 0.25) is 0 Å². The van der Waals surface area contributed by atoms with Gasteiger partial charge < -0.3 is 4.98 Å². The second kappa shape index (κ2) is 3.66. The van der Waals surface area contributed by atoms with E-state index >= 15 is 0 Å². The Bertz CT molecular complexity index is 537. The van der Waals surface area contributed by atoms with Gasteiger partial charge in [0.25, 0.3) is 12.0 Å². The highest BCUT2D eigenvalue weighted by Crippen LogP contribution is 2.18. The van der Waals surface area contributed by atoms with Crippen molar-refractivity contribution in [2.45, 2.75) is 11.3 Å². The molecule has 1 heterocycles. The summed E-state index contributed by atoms with van der Waals surface area (Å²) >= 11 is 0. The summed E-state index contributed by atoms with van der Waals surface area (Å²) in [6.45, 7) is 0. The zero-order valence-electron chi connectivity index (χ0n) is 7.00. The zero-order chi connectivity index (χ0) is 11.8. The lowest BCUT2D eigenvalue weighted by atomic mass is 10.3. The third-order valence-electron chi connectivity index (χ3n) is 1.50. The summed E-state index contributed by atoms with van der Waals surface area (Å²) in [6, 6.07) is 0.288. The highest BCUT2D eigenvalue weighted by atomic mass is 32.2. The number of halogens is 3. The van der Waals surface area contributed by atoms with E-state index in [1.807, 2.05) is 0 Å². The molecular weight excluding hydrogens is 237 g/mol. The maximum absolute atomic E-state index is 12.9. The molecule has 5 nitrogen and oxygen atoms in total. The highest BCUT2D eigenvalue weighted by molar-refractivity contribution is 7.89. The van der Waals surface area contributed by atoms with Crippen molar-refractivity contribution in [2.24, 2.45) is 5.14 Å². The van der Waals surface area contributed by atoms with Crippen molar-refractivity contribution in [1.82, 2.24) is 4.98 Å². The molecule has 0 amide bonds. The van der Waals surface area contributed by atoms with Crippen molar-refractivity contribution < 1.29 is 21.6 Å². The fraction of sp³-hybridized carbons (Fsp3) is 0.167. The molecule has 15 heavy (non-hydrogen) atoms. The molecule has 0 fully saturated rings. The molecule has 0 saturated carbocycles. The average Bonchev–Trinajstić information content (AvgIpc) is 2.06. The van der Waals surface area contributed by atoms with Crippen LogP contribution in [0.1, 0.15) is 12.1 Å². The first-order valence-corrected chi connectivity index (χ1v) is 5.02. The number of hydrogen-bond acceptors (Lipinski definition) is 3. The maximum atomic E-state index is 12.9. The fourth-order valence-electron chi connectivity index (χ4n) is 0.863. The van der Waals surface area contributed by atoms with E-state index in [4.69, 9.17) is 0 Å². The van der Waals surface area contributed by atoms with Gasteiger partial charge in [-0.3, -0.25) is 4.79 Å². The van der Waals surface area contributed by atoms with Gasteiger partial charge in [-0.25, -0.2) is 22.3 Å². The minimum Gasteiger partial charge on any atom is -0.318 e. The van der Waals surface area contributed by atoms with Crippen molar-refractivity contribution in [3.63, 3.8) is 0 Å². The number of nitrogens with one attached hydrogen (secondary N) is 1. The number of H-pyrrole nitrogens is 1. The molecule has 0 spiro atoms. The van der Waals surface area contributed by atoms with E-state index in [0.717, 1.165) is 0 Å². The van der Waals surface area contributed by atoms with Gasteiger partial charge in [0.05, 0.1) is 5.69 Å². The van der Waals surface area contributed by atoms with E-state index in [1.165, 1.54) is 4.98 Å². The van der Waals surface area contributed by atoms with Gasteiger partial charge in [-0.15, -0.1) is 0 Å². The SMILES string of the molecule is NS(=O)(=O)c1cc(C(F)F)[nH]c(=O)c1F. The van der Waals surface area contributed by atoms with Crippen LogP contribution in [0.3, 0.4) is 0 Å². The number of sulfonamides is 1. The van der Waals surface area contributed by atoms with Crippen molar-refractivity contribution in [3.8, 4) is 0 Å². The number of aromatic amines is 1. The van der Waals surface area contributed by atoms with Gasteiger partial charge in [0.1, 0.15) is 4.90 Å². The summed E-state index contributed by atoms with van der Waals surface area (Å²) in [5, 5.41) is 4.53. The minimum atomic E-state index is -4.54. The van der Waals surface area contributed by atoms with Crippen molar-refractivity contribution in [3.05, 3.63) is 27.9 Å². The van der Waals surface area contributed by atoms with Crippen LogP contribution >= 0.6 is 0 Å². The molecule has 0 radical (unpaired) electrons. The Hall–Kier alpha value is -1.35. The van der Waals surface area contributed by atoms with E-state index in [9.17, 15) is 26.4 Å². The van der Waals surface area contributed by atoms with Crippen molar-refractivity contribution in [1.29, 1.82) is 0 Å². The summed E-state index contributed by atoms with van der Waals surface area (Å²) in [5.74, 6) is -1.71. The Kier molecular flexibility index (Phi) is 2.86. The minimum absolute atomic E-state index is 0.288. The van der Waals surface area contributed by atoms with E-state index in [0.29, 0.717) is 0 Å². The molecule has 0 aliphatic heterocycles. The van der Waals surface area contributed by atoms with Crippen LogP contribution in [0, 0.1) is 5.82 Å². The Morgan fingerprint density at radius 2 is 1.93 bits per heavy atom. The van der Waals surface area contributed by atoms with Gasteiger partial charge in [-0.05, 0) is 6.07 Å². The van der Waals surface area contributed by atoms with Crippen LogP contribution in [0.15, 0.2) is 15.8 Å². The summed E-state index contributed by atoms with van der Waals surface area (Å²) in [4.78, 5) is 11.0. The van der Waals surface area contributed by atoms with E-state index < -0.39 is 38.4 Å². The number of aromatic nitrogens is 1. The third kappa shape index (κ3) is 2.36. The van der Waals surface area contributed by atoms with E-state index in [1.54, 1.807) is 0 Å². The molecule has 3 N–H and O–H groups in total. The normalized spacial score (nSPS) is 12.1. The van der Waals surface area contributed by atoms with Gasteiger partial charge in [0.2, 0.25) is 15.8 Å². The first-order chi connectivity index (χ1) is 6.73. The molecule has 0 bridgehead atoms. The van der Waals surface area contributed by atoms with Gasteiger partial charge in [-0.2, -0.15) is 4.39 Å². The largest absolute Gasteiger partial charge is 0.318 e. The standard InChI is InChI=1S/C6H5F3N2O3S/c7-4-3(15(10,13)14)1-2(5(8)9)11-6(4)12/h1,5H,(H,11,12)(H2,10,13,14). The van der Waals surface area contributed by atoms with Gasteiger partial charge >= 0.3 is 0 Å². The first kappa shape index (κ1) is 11.7. The molecule has 0 atom stereocenters. The van der Waals surface area contributed by atoms with Crippen LogP contribution in [0.25, 0.3) is 0 Å². The highest BCUT2D eigenvalue weighted by Gasteiger charge is 2.21. The number of pyridine rings is 1. The Balaban J connectivity index is 3.60. The summed E-state index contributed by atoms with van der Waals surface area (Å²) in [7, 11) is -4.54. The lowest BCUT2D eigenvalue weighted by molar-refractivity contribution is 0.145. The average molecular weight is 242 g/mol. The molecule has 0 unspecified atom stereocenters. The summed E-state index contributed by atoms with van der Waals surface area (Å²) in [5.41, 5.74) is -2.57. The molecule has 1 aromatic heterocycles. The number of hydrogen-bond donors (Lipinski definition) is 2. The Morgan fingerprint density at radius 1 is 1.40 bits per heavy atom. The first-order valence-electron chi connectivity index (χ1n) is 3.47. The van der Waals surface area contributed by atoms with Crippen LogP contribution in [0.5, 0.6) is 0 Å². The number of alkyl halides is 2. The molecule has 0 aliphatic carbocycles. The number of primary sulfonamides is 1. The fourth-order valence-corrected chi connectivity index (χ4v) is 1.50. The van der Waals surface area contributed by atoms with Gasteiger partial charge in [-0.1, -0.05) is 0 Å². The van der Waals surface area contributed by atoms with Crippen LogP contribution in [0.4, 0.5) is 13.2 Å². The van der Waals surface area contributed by atoms with E-state index in [-0.39, 0.29) is 6.07 Å². The Labute approximate surface area is 81.8 Å². The Morgan fingerprint density at radius 3 is 2.33 bits per heavy atom. The summed E-state index contributed by atoms with van der Waals surface area (Å²) < 4.78 is 58.6. The molecule has 0 aliphatic rings. The molecule has 84 valence electrons. The third-order valence-corrected chi connectivity index (χ3v) is 2.41.